The maximum Gasteiger partial charge on any atom is 0.411 e. The van der Waals surface area contributed by atoms with Crippen LogP contribution in [0.15, 0.2) is 0 Å². The summed E-state index contributed by atoms with van der Waals surface area (Å²) in [5.74, 6) is 0. The second kappa shape index (κ2) is 3.73. The summed E-state index contributed by atoms with van der Waals surface area (Å²) in [5.41, 5.74) is -1.20. The van der Waals surface area contributed by atoms with Gasteiger partial charge < -0.3 is 4.74 Å². The molecule has 0 N–H and O–H groups in total. The SMILES string of the molecule is CC(C)(C)OC(=O)N1CCC[C@@]1(C)C#N. The van der Waals surface area contributed by atoms with Crippen LogP contribution in [0.25, 0.3) is 0 Å². The van der Waals surface area contributed by atoms with Crippen molar-refractivity contribution in [2.45, 2.75) is 51.7 Å². The molecular formula is C11H18N2O2. The van der Waals surface area contributed by atoms with Crippen molar-refractivity contribution < 1.29 is 9.53 Å². The highest BCUT2D eigenvalue weighted by Crippen LogP contribution is 2.29. The number of hydrogen-bond donors (Lipinski definition) is 0. The summed E-state index contributed by atoms with van der Waals surface area (Å²) in [7, 11) is 0. The summed E-state index contributed by atoms with van der Waals surface area (Å²) in [6.45, 7) is 7.86. The van der Waals surface area contributed by atoms with E-state index >= 15 is 0 Å². The number of hydrogen-bond acceptors (Lipinski definition) is 3. The number of amides is 1. The molecule has 1 aliphatic rings. The van der Waals surface area contributed by atoms with Gasteiger partial charge in [-0.1, -0.05) is 0 Å². The van der Waals surface area contributed by atoms with Crippen LogP contribution in [0.3, 0.4) is 0 Å². The Bertz CT molecular complexity index is 301. The highest BCUT2D eigenvalue weighted by atomic mass is 16.6. The number of rotatable bonds is 0. The summed E-state index contributed by atoms with van der Waals surface area (Å²) in [5, 5.41) is 9.04. The fraction of sp³-hybridized carbons (Fsp3) is 0.818. The molecule has 15 heavy (non-hydrogen) atoms. The Hall–Kier alpha value is -1.24. The van der Waals surface area contributed by atoms with Crippen molar-refractivity contribution >= 4 is 6.09 Å². The van der Waals surface area contributed by atoms with Gasteiger partial charge >= 0.3 is 6.09 Å². The fourth-order valence-corrected chi connectivity index (χ4v) is 1.69. The molecule has 1 heterocycles. The van der Waals surface area contributed by atoms with Gasteiger partial charge in [0.2, 0.25) is 0 Å². The normalized spacial score (nSPS) is 26.2. The third kappa shape index (κ3) is 2.62. The van der Waals surface area contributed by atoms with Gasteiger partial charge in [-0.15, -0.1) is 0 Å². The Labute approximate surface area is 90.8 Å². The first-order valence-corrected chi connectivity index (χ1v) is 5.20. The van der Waals surface area contributed by atoms with E-state index in [1.807, 2.05) is 20.8 Å². The second-order valence-corrected chi connectivity index (χ2v) is 5.12. The minimum absolute atomic E-state index is 0.385. The number of ether oxygens (including phenoxy) is 1. The van der Waals surface area contributed by atoms with Crippen molar-refractivity contribution in [3.05, 3.63) is 0 Å². The third-order valence-corrected chi connectivity index (χ3v) is 2.50. The van der Waals surface area contributed by atoms with Gasteiger partial charge in [-0.2, -0.15) is 5.26 Å². The zero-order chi connectivity index (χ0) is 11.7. The van der Waals surface area contributed by atoms with Crippen LogP contribution in [-0.2, 0) is 4.74 Å². The van der Waals surface area contributed by atoms with E-state index in [1.54, 1.807) is 6.92 Å². The quantitative estimate of drug-likeness (QED) is 0.616. The van der Waals surface area contributed by atoms with Crippen LogP contribution in [-0.4, -0.2) is 28.7 Å². The molecule has 0 spiro atoms. The van der Waals surface area contributed by atoms with Gasteiger partial charge in [0.25, 0.3) is 0 Å². The molecule has 0 bridgehead atoms. The van der Waals surface area contributed by atoms with Gasteiger partial charge in [-0.3, -0.25) is 4.90 Å². The predicted octanol–water partition coefficient (Wildman–Crippen LogP) is 2.30. The average molecular weight is 210 g/mol. The van der Waals surface area contributed by atoms with Crippen LogP contribution in [0.4, 0.5) is 4.79 Å². The summed E-state index contributed by atoms with van der Waals surface area (Å²) in [4.78, 5) is 13.3. The topological polar surface area (TPSA) is 53.3 Å². The van der Waals surface area contributed by atoms with E-state index in [9.17, 15) is 4.79 Å². The van der Waals surface area contributed by atoms with E-state index < -0.39 is 11.1 Å². The van der Waals surface area contributed by atoms with E-state index in [2.05, 4.69) is 6.07 Å². The Morgan fingerprint density at radius 1 is 1.53 bits per heavy atom. The lowest BCUT2D eigenvalue weighted by Gasteiger charge is -2.31. The van der Waals surface area contributed by atoms with E-state index in [-0.39, 0.29) is 6.09 Å². The molecule has 1 atom stereocenters. The highest BCUT2D eigenvalue weighted by molar-refractivity contribution is 5.70. The molecule has 0 aromatic rings. The number of likely N-dealkylation sites (tertiary alicyclic amines) is 1. The summed E-state index contributed by atoms with van der Waals surface area (Å²) in [6.07, 6.45) is 1.20. The van der Waals surface area contributed by atoms with Gasteiger partial charge in [-0.25, -0.2) is 4.79 Å². The Kier molecular flexibility index (Phi) is 2.94. The van der Waals surface area contributed by atoms with E-state index in [0.29, 0.717) is 6.54 Å². The number of carbonyl (C=O) groups is 1. The van der Waals surface area contributed by atoms with Crippen molar-refractivity contribution in [2.24, 2.45) is 0 Å². The molecule has 0 saturated carbocycles. The highest BCUT2D eigenvalue weighted by Gasteiger charge is 2.41. The van der Waals surface area contributed by atoms with Gasteiger partial charge in [-0.05, 0) is 40.5 Å². The minimum Gasteiger partial charge on any atom is -0.444 e. The first-order valence-electron chi connectivity index (χ1n) is 5.20. The Morgan fingerprint density at radius 3 is 2.60 bits per heavy atom. The largest absolute Gasteiger partial charge is 0.444 e. The van der Waals surface area contributed by atoms with Crippen LogP contribution < -0.4 is 0 Å². The summed E-state index contributed by atoms with van der Waals surface area (Å²) < 4.78 is 5.25. The van der Waals surface area contributed by atoms with Crippen LogP contribution in [0.1, 0.15) is 40.5 Å². The van der Waals surface area contributed by atoms with E-state index in [4.69, 9.17) is 10.00 Å². The molecular weight excluding hydrogens is 192 g/mol. The molecule has 0 aliphatic carbocycles. The monoisotopic (exact) mass is 210 g/mol. The maximum absolute atomic E-state index is 11.8. The molecule has 1 fully saturated rings. The predicted molar refractivity (Wildman–Crippen MR) is 56.2 cm³/mol. The molecule has 0 radical (unpaired) electrons. The number of nitrogens with zero attached hydrogens (tertiary/aromatic N) is 2. The molecule has 1 aliphatic heterocycles. The molecule has 0 aromatic heterocycles. The average Bonchev–Trinajstić information content (AvgIpc) is 2.45. The van der Waals surface area contributed by atoms with E-state index in [1.165, 1.54) is 4.90 Å². The van der Waals surface area contributed by atoms with Crippen LogP contribution >= 0.6 is 0 Å². The second-order valence-electron chi connectivity index (χ2n) is 5.12. The molecule has 1 amide bonds. The van der Waals surface area contributed by atoms with Gasteiger partial charge in [0.15, 0.2) is 0 Å². The molecule has 1 saturated heterocycles. The lowest BCUT2D eigenvalue weighted by molar-refractivity contribution is 0.0177. The van der Waals surface area contributed by atoms with Crippen LogP contribution in [0.5, 0.6) is 0 Å². The zero-order valence-electron chi connectivity index (χ0n) is 9.83. The van der Waals surface area contributed by atoms with Crippen molar-refractivity contribution in [3.63, 3.8) is 0 Å². The van der Waals surface area contributed by atoms with Gasteiger partial charge in [0, 0.05) is 6.54 Å². The van der Waals surface area contributed by atoms with Crippen LogP contribution in [0.2, 0.25) is 0 Å². The Balaban J connectivity index is 2.73. The maximum atomic E-state index is 11.8. The first-order chi connectivity index (χ1) is 6.78. The lowest BCUT2D eigenvalue weighted by Crippen LogP contribution is -2.46. The molecule has 1 rings (SSSR count). The first kappa shape index (κ1) is 11.8. The standard InChI is InChI=1S/C11H18N2O2/c1-10(2,3)15-9(14)13-7-5-6-11(13,4)8-12/h5-7H2,1-4H3/t11-/m0/s1. The molecule has 84 valence electrons. The van der Waals surface area contributed by atoms with Crippen molar-refractivity contribution in [2.75, 3.05) is 6.54 Å². The molecule has 4 heteroatoms. The van der Waals surface area contributed by atoms with E-state index in [0.717, 1.165) is 12.8 Å². The smallest absolute Gasteiger partial charge is 0.411 e. The Morgan fingerprint density at radius 2 is 2.13 bits per heavy atom. The van der Waals surface area contributed by atoms with Crippen LogP contribution in [0, 0.1) is 11.3 Å². The number of carbonyl (C=O) groups excluding carboxylic acids is 1. The van der Waals surface area contributed by atoms with Crippen molar-refractivity contribution in [1.82, 2.24) is 4.90 Å². The van der Waals surface area contributed by atoms with Crippen molar-refractivity contribution in [3.8, 4) is 6.07 Å². The van der Waals surface area contributed by atoms with Crippen molar-refractivity contribution in [1.29, 1.82) is 5.26 Å². The lowest BCUT2D eigenvalue weighted by atomic mass is 10.0. The molecule has 4 nitrogen and oxygen atoms in total. The fourth-order valence-electron chi connectivity index (χ4n) is 1.69. The van der Waals surface area contributed by atoms with Gasteiger partial charge in [0.05, 0.1) is 6.07 Å². The summed E-state index contributed by atoms with van der Waals surface area (Å²) >= 11 is 0. The summed E-state index contributed by atoms with van der Waals surface area (Å²) in [6, 6.07) is 2.18. The third-order valence-electron chi connectivity index (χ3n) is 2.50. The zero-order valence-corrected chi connectivity index (χ0v) is 9.83. The number of nitriles is 1. The van der Waals surface area contributed by atoms with Gasteiger partial charge in [0.1, 0.15) is 11.1 Å². The molecule has 0 aromatic carbocycles. The minimum atomic E-state index is -0.692. The molecule has 0 unspecified atom stereocenters.